The number of rotatable bonds is 3. The van der Waals surface area contributed by atoms with Gasteiger partial charge in [0.15, 0.2) is 0 Å². The van der Waals surface area contributed by atoms with Crippen molar-refractivity contribution >= 4 is 21.4 Å². The number of hydrogen-bond acceptors (Lipinski definition) is 4. The molecule has 1 aromatic heterocycles. The fourth-order valence-electron chi connectivity index (χ4n) is 3.36. The van der Waals surface area contributed by atoms with Gasteiger partial charge in [-0.2, -0.15) is 4.31 Å². The number of thiazole rings is 1. The van der Waals surface area contributed by atoms with Crippen LogP contribution in [0.1, 0.15) is 36.9 Å². The van der Waals surface area contributed by atoms with Crippen molar-refractivity contribution in [3.8, 4) is 10.6 Å². The van der Waals surface area contributed by atoms with Gasteiger partial charge in [-0.05, 0) is 23.1 Å². The molecule has 0 fully saturated rings. The molecular weight excluding hydrogens is 388 g/mol. The lowest BCUT2D eigenvalue weighted by atomic mass is 9.87. The van der Waals surface area contributed by atoms with Gasteiger partial charge < -0.3 is 0 Å². The molecule has 0 saturated carbocycles. The van der Waals surface area contributed by atoms with Crippen LogP contribution < -0.4 is 0 Å². The quantitative estimate of drug-likeness (QED) is 0.618. The van der Waals surface area contributed by atoms with Crippen LogP contribution in [0.4, 0.5) is 0 Å². The van der Waals surface area contributed by atoms with Crippen LogP contribution in [0, 0.1) is 0 Å². The fourth-order valence-corrected chi connectivity index (χ4v) is 5.98. The van der Waals surface area contributed by atoms with Gasteiger partial charge in [0, 0.05) is 23.4 Å². The van der Waals surface area contributed by atoms with Crippen LogP contribution in [0.3, 0.4) is 0 Å². The molecule has 1 aliphatic heterocycles. The van der Waals surface area contributed by atoms with E-state index in [1.807, 2.05) is 42.5 Å². The zero-order valence-electron chi connectivity index (χ0n) is 16.3. The summed E-state index contributed by atoms with van der Waals surface area (Å²) in [7, 11) is -3.51. The Hall–Kier alpha value is -2.02. The minimum absolute atomic E-state index is 0.00120. The molecule has 0 saturated heterocycles. The van der Waals surface area contributed by atoms with E-state index in [4.69, 9.17) is 4.98 Å². The molecule has 0 radical (unpaired) electrons. The van der Waals surface area contributed by atoms with Crippen molar-refractivity contribution in [3.63, 3.8) is 0 Å². The first-order chi connectivity index (χ1) is 13.2. The molecule has 0 unspecified atom stereocenters. The molecule has 2 heterocycles. The number of hydrogen-bond donors (Lipinski definition) is 0. The van der Waals surface area contributed by atoms with Crippen molar-refractivity contribution in [2.75, 3.05) is 6.54 Å². The van der Waals surface area contributed by atoms with Gasteiger partial charge in [-0.25, -0.2) is 13.4 Å². The summed E-state index contributed by atoms with van der Waals surface area (Å²) < 4.78 is 27.9. The Morgan fingerprint density at radius 1 is 1.00 bits per heavy atom. The van der Waals surface area contributed by atoms with Crippen LogP contribution in [0.25, 0.3) is 10.6 Å². The first-order valence-corrected chi connectivity index (χ1v) is 11.7. The molecule has 146 valence electrons. The summed E-state index contributed by atoms with van der Waals surface area (Å²) in [6, 6.07) is 17.3. The minimum atomic E-state index is -3.51. The van der Waals surface area contributed by atoms with E-state index in [-0.39, 0.29) is 5.41 Å². The summed E-state index contributed by atoms with van der Waals surface area (Å²) in [5.74, 6) is 0. The van der Waals surface area contributed by atoms with Gasteiger partial charge >= 0.3 is 0 Å². The molecule has 2 aromatic carbocycles. The summed E-state index contributed by atoms with van der Waals surface area (Å²) >= 11 is 1.59. The second kappa shape index (κ2) is 7.10. The number of nitrogens with zero attached hydrogens (tertiary/aromatic N) is 2. The van der Waals surface area contributed by atoms with E-state index in [1.54, 1.807) is 27.8 Å². The van der Waals surface area contributed by atoms with Crippen molar-refractivity contribution < 1.29 is 8.42 Å². The highest BCUT2D eigenvalue weighted by Crippen LogP contribution is 2.33. The maximum Gasteiger partial charge on any atom is 0.243 e. The maximum atomic E-state index is 13.1. The summed E-state index contributed by atoms with van der Waals surface area (Å²) in [5, 5.41) is 0.958. The average Bonchev–Trinajstić information content (AvgIpc) is 3.11. The summed E-state index contributed by atoms with van der Waals surface area (Å²) in [4.78, 5) is 6.15. The highest BCUT2D eigenvalue weighted by Gasteiger charge is 2.30. The number of benzene rings is 2. The lowest BCUT2D eigenvalue weighted by molar-refractivity contribution is 0.393. The molecule has 0 bridgehead atoms. The third kappa shape index (κ3) is 3.64. The molecule has 4 nitrogen and oxygen atoms in total. The van der Waals surface area contributed by atoms with Crippen molar-refractivity contribution in [2.24, 2.45) is 0 Å². The molecular formula is C22H24N2O2S2. The Morgan fingerprint density at radius 2 is 1.68 bits per heavy atom. The summed E-state index contributed by atoms with van der Waals surface area (Å²) in [5.41, 5.74) is 3.23. The normalized spacial score (nSPS) is 15.4. The van der Waals surface area contributed by atoms with Gasteiger partial charge in [-0.15, -0.1) is 11.3 Å². The summed E-state index contributed by atoms with van der Waals surface area (Å²) in [6.07, 6.45) is 0.651. The van der Waals surface area contributed by atoms with E-state index < -0.39 is 10.0 Å². The molecule has 4 rings (SSSR count). The second-order valence-electron chi connectivity index (χ2n) is 8.12. The largest absolute Gasteiger partial charge is 0.243 e. The van der Waals surface area contributed by atoms with Gasteiger partial charge in [0.1, 0.15) is 5.01 Å². The Morgan fingerprint density at radius 3 is 2.32 bits per heavy atom. The van der Waals surface area contributed by atoms with Gasteiger partial charge in [0.25, 0.3) is 0 Å². The number of sulfonamides is 1. The minimum Gasteiger partial charge on any atom is -0.241 e. The average molecular weight is 413 g/mol. The van der Waals surface area contributed by atoms with E-state index in [0.29, 0.717) is 24.4 Å². The van der Waals surface area contributed by atoms with Crippen LogP contribution in [0.5, 0.6) is 0 Å². The van der Waals surface area contributed by atoms with Crippen molar-refractivity contribution in [3.05, 3.63) is 70.7 Å². The van der Waals surface area contributed by atoms with E-state index in [9.17, 15) is 8.42 Å². The van der Waals surface area contributed by atoms with Crippen molar-refractivity contribution in [2.45, 2.75) is 44.0 Å². The van der Waals surface area contributed by atoms with Gasteiger partial charge in [-0.3, -0.25) is 0 Å². The van der Waals surface area contributed by atoms with E-state index in [2.05, 4.69) is 20.8 Å². The highest BCUT2D eigenvalue weighted by atomic mass is 32.2. The van der Waals surface area contributed by atoms with E-state index in [0.717, 1.165) is 26.7 Å². The predicted molar refractivity (Wildman–Crippen MR) is 114 cm³/mol. The Balaban J connectivity index is 1.59. The monoisotopic (exact) mass is 412 g/mol. The SMILES string of the molecule is CC(C)(C)c1ccc(S(=O)(=O)N2CCc3nc(-c4ccccc4)sc3C2)cc1. The van der Waals surface area contributed by atoms with Crippen molar-refractivity contribution in [1.82, 2.24) is 9.29 Å². The summed E-state index contributed by atoms with van der Waals surface area (Å²) in [6.45, 7) is 7.22. The third-order valence-corrected chi connectivity index (χ3v) is 8.07. The molecule has 3 aromatic rings. The Kier molecular flexibility index (Phi) is 4.89. The zero-order valence-corrected chi connectivity index (χ0v) is 18.0. The highest BCUT2D eigenvalue weighted by molar-refractivity contribution is 7.89. The lowest BCUT2D eigenvalue weighted by Crippen LogP contribution is -2.35. The number of aromatic nitrogens is 1. The Bertz CT molecular complexity index is 1080. The number of fused-ring (bicyclic) bond motifs is 1. The predicted octanol–water partition coefficient (Wildman–Crippen LogP) is 4.85. The van der Waals surface area contributed by atoms with E-state index >= 15 is 0 Å². The molecule has 1 aliphatic rings. The molecule has 0 amide bonds. The first-order valence-electron chi connectivity index (χ1n) is 9.40. The Labute approximate surface area is 170 Å². The van der Waals surface area contributed by atoms with E-state index in [1.165, 1.54) is 0 Å². The molecule has 28 heavy (non-hydrogen) atoms. The lowest BCUT2D eigenvalue weighted by Gasteiger charge is -2.26. The van der Waals surface area contributed by atoms with Gasteiger partial charge in [-0.1, -0.05) is 63.2 Å². The molecule has 0 N–H and O–H groups in total. The maximum absolute atomic E-state index is 13.1. The van der Waals surface area contributed by atoms with Crippen LogP contribution in [0.15, 0.2) is 59.5 Å². The molecule has 0 atom stereocenters. The standard InChI is InChI=1S/C22H24N2O2S2/c1-22(2,3)17-9-11-18(12-10-17)28(25,26)24-14-13-19-20(15-24)27-21(23-19)16-7-5-4-6-8-16/h4-12H,13-15H2,1-3H3. The van der Waals surface area contributed by atoms with Crippen molar-refractivity contribution in [1.29, 1.82) is 0 Å². The van der Waals surface area contributed by atoms with Crippen LogP contribution in [0.2, 0.25) is 0 Å². The molecule has 6 heteroatoms. The zero-order chi connectivity index (χ0) is 19.9. The van der Waals surface area contributed by atoms with Crippen LogP contribution in [-0.4, -0.2) is 24.3 Å². The smallest absolute Gasteiger partial charge is 0.241 e. The van der Waals surface area contributed by atoms with Crippen LogP contribution >= 0.6 is 11.3 Å². The fraction of sp³-hybridized carbons (Fsp3) is 0.318. The molecule has 0 aliphatic carbocycles. The van der Waals surface area contributed by atoms with Gasteiger partial charge in [0.2, 0.25) is 10.0 Å². The third-order valence-electron chi connectivity index (χ3n) is 5.08. The second-order valence-corrected chi connectivity index (χ2v) is 11.1. The molecule has 0 spiro atoms. The van der Waals surface area contributed by atoms with Crippen LogP contribution in [-0.2, 0) is 28.4 Å². The van der Waals surface area contributed by atoms with Gasteiger partial charge in [0.05, 0.1) is 17.1 Å². The first kappa shape index (κ1) is 19.3. The topological polar surface area (TPSA) is 50.3 Å².